The van der Waals surface area contributed by atoms with E-state index < -0.39 is 19.1 Å². The normalized spacial score (nSPS) is 11.6. The van der Waals surface area contributed by atoms with E-state index in [1.54, 1.807) is 46.9 Å². The second-order valence-corrected chi connectivity index (χ2v) is 6.68. The molecule has 7 nitrogen and oxygen atoms in total. The van der Waals surface area contributed by atoms with Crippen molar-refractivity contribution < 1.29 is 18.6 Å². The number of rotatable bonds is 8. The van der Waals surface area contributed by atoms with Crippen LogP contribution >= 0.6 is 0 Å². The van der Waals surface area contributed by atoms with Crippen LogP contribution in [0.2, 0.25) is 0 Å². The molecule has 1 N–H and O–H groups in total. The highest BCUT2D eigenvalue weighted by molar-refractivity contribution is 5.65. The van der Waals surface area contributed by atoms with Gasteiger partial charge in [0.15, 0.2) is 6.61 Å². The summed E-state index contributed by atoms with van der Waals surface area (Å²) in [6, 6.07) is 6.42. The topological polar surface area (TPSA) is 82.2 Å². The largest absolute Gasteiger partial charge is 0.471 e. The van der Waals surface area contributed by atoms with Crippen molar-refractivity contribution in [3.05, 3.63) is 58.9 Å². The number of ether oxygens (including phenoxy) is 1. The van der Waals surface area contributed by atoms with E-state index in [4.69, 9.17) is 9.84 Å². The SMILES string of the molecule is CCCn1cc(-n2cc(-c3ccc(OCC(F)(F)CO)nc3C)cn2)ccc1=O. The summed E-state index contributed by atoms with van der Waals surface area (Å²) >= 11 is 0. The van der Waals surface area contributed by atoms with Crippen molar-refractivity contribution in [3.63, 3.8) is 0 Å². The average Bonchev–Trinajstić information content (AvgIpc) is 3.18. The van der Waals surface area contributed by atoms with Crippen LogP contribution in [0.1, 0.15) is 19.0 Å². The Hall–Kier alpha value is -3.07. The molecule has 3 heterocycles. The molecule has 9 heteroatoms. The van der Waals surface area contributed by atoms with E-state index in [1.807, 2.05) is 6.92 Å². The lowest BCUT2D eigenvalue weighted by molar-refractivity contribution is -0.0809. The van der Waals surface area contributed by atoms with Gasteiger partial charge in [-0.15, -0.1) is 0 Å². The quantitative estimate of drug-likeness (QED) is 0.624. The van der Waals surface area contributed by atoms with Gasteiger partial charge in [0.25, 0.3) is 5.56 Å². The van der Waals surface area contributed by atoms with Crippen LogP contribution in [0.3, 0.4) is 0 Å². The van der Waals surface area contributed by atoms with Crippen molar-refractivity contribution in [3.8, 4) is 22.7 Å². The number of aliphatic hydroxyl groups excluding tert-OH is 1. The van der Waals surface area contributed by atoms with Crippen LogP contribution < -0.4 is 10.3 Å². The van der Waals surface area contributed by atoms with Gasteiger partial charge in [0, 0.05) is 47.9 Å². The van der Waals surface area contributed by atoms with Crippen LogP contribution in [0.15, 0.2) is 47.7 Å². The highest BCUT2D eigenvalue weighted by Gasteiger charge is 2.29. The van der Waals surface area contributed by atoms with Crippen LogP contribution in [0.4, 0.5) is 8.78 Å². The molecule has 0 aliphatic heterocycles. The molecule has 0 bridgehead atoms. The molecule has 3 aromatic heterocycles. The number of aryl methyl sites for hydroxylation is 2. The van der Waals surface area contributed by atoms with E-state index in [2.05, 4.69) is 10.1 Å². The number of nitrogens with zero attached hydrogens (tertiary/aromatic N) is 4. The standard InChI is InChI=1S/C20H22F2N4O3/c1-3-8-25-11-16(4-7-19(25)28)26-10-15(9-23-26)17-5-6-18(24-14(17)2)29-13-20(21,22)12-27/h4-7,9-11,27H,3,8,12-13H2,1-2H3. The third kappa shape index (κ3) is 4.86. The van der Waals surface area contributed by atoms with E-state index in [9.17, 15) is 13.6 Å². The van der Waals surface area contributed by atoms with Crippen molar-refractivity contribution in [1.82, 2.24) is 19.3 Å². The molecule has 0 unspecified atom stereocenters. The number of pyridine rings is 2. The molecule has 0 saturated heterocycles. The Kier molecular flexibility index (Phi) is 6.07. The maximum absolute atomic E-state index is 13.1. The second-order valence-electron chi connectivity index (χ2n) is 6.68. The van der Waals surface area contributed by atoms with Gasteiger partial charge in [0.1, 0.15) is 6.61 Å². The monoisotopic (exact) mass is 404 g/mol. The van der Waals surface area contributed by atoms with Crippen LogP contribution in [0, 0.1) is 6.92 Å². The smallest absolute Gasteiger partial charge is 0.303 e. The first-order valence-corrected chi connectivity index (χ1v) is 9.18. The minimum atomic E-state index is -3.32. The molecule has 0 aliphatic rings. The summed E-state index contributed by atoms with van der Waals surface area (Å²) in [6.45, 7) is 2.14. The van der Waals surface area contributed by atoms with Gasteiger partial charge < -0.3 is 14.4 Å². The molecule has 0 saturated carbocycles. The van der Waals surface area contributed by atoms with Gasteiger partial charge in [-0.2, -0.15) is 5.10 Å². The van der Waals surface area contributed by atoms with E-state index in [0.717, 1.165) is 23.2 Å². The van der Waals surface area contributed by atoms with Gasteiger partial charge in [-0.05, 0) is 25.5 Å². The van der Waals surface area contributed by atoms with Crippen molar-refractivity contribution in [2.75, 3.05) is 13.2 Å². The summed E-state index contributed by atoms with van der Waals surface area (Å²) in [7, 11) is 0. The summed E-state index contributed by atoms with van der Waals surface area (Å²) in [5, 5.41) is 13.0. The van der Waals surface area contributed by atoms with Gasteiger partial charge in [0.05, 0.1) is 11.9 Å². The van der Waals surface area contributed by atoms with Gasteiger partial charge >= 0.3 is 5.92 Å². The van der Waals surface area contributed by atoms with Crippen LogP contribution in [-0.2, 0) is 6.54 Å². The van der Waals surface area contributed by atoms with Gasteiger partial charge in [0.2, 0.25) is 5.88 Å². The zero-order chi connectivity index (χ0) is 21.0. The molecule has 0 atom stereocenters. The highest BCUT2D eigenvalue weighted by atomic mass is 19.3. The molecule has 154 valence electrons. The first-order valence-electron chi connectivity index (χ1n) is 9.18. The second kappa shape index (κ2) is 8.52. The Morgan fingerprint density at radius 1 is 1.21 bits per heavy atom. The Morgan fingerprint density at radius 2 is 2.00 bits per heavy atom. The molecular formula is C20H22F2N4O3. The zero-order valence-corrected chi connectivity index (χ0v) is 16.2. The predicted molar refractivity (Wildman–Crippen MR) is 104 cm³/mol. The van der Waals surface area contributed by atoms with E-state index >= 15 is 0 Å². The summed E-state index contributed by atoms with van der Waals surface area (Å²) in [4.78, 5) is 16.1. The number of halogens is 2. The predicted octanol–water partition coefficient (Wildman–Crippen LogP) is 2.82. The Bertz CT molecular complexity index is 1050. The maximum Gasteiger partial charge on any atom is 0.303 e. The van der Waals surface area contributed by atoms with E-state index in [1.165, 1.54) is 12.1 Å². The maximum atomic E-state index is 13.1. The van der Waals surface area contributed by atoms with Crippen molar-refractivity contribution >= 4 is 0 Å². The first-order chi connectivity index (χ1) is 13.8. The van der Waals surface area contributed by atoms with Crippen LogP contribution in [0.5, 0.6) is 5.88 Å². The molecule has 0 radical (unpaired) electrons. The minimum Gasteiger partial charge on any atom is -0.471 e. The van der Waals surface area contributed by atoms with Crippen molar-refractivity contribution in [2.24, 2.45) is 0 Å². The minimum absolute atomic E-state index is 0.0541. The first kappa shape index (κ1) is 20.7. The van der Waals surface area contributed by atoms with Crippen molar-refractivity contribution in [1.29, 1.82) is 0 Å². The fraction of sp³-hybridized carbons (Fsp3) is 0.350. The van der Waals surface area contributed by atoms with Gasteiger partial charge in [-0.3, -0.25) is 4.79 Å². The van der Waals surface area contributed by atoms with E-state index in [0.29, 0.717) is 12.2 Å². The zero-order valence-electron chi connectivity index (χ0n) is 16.2. The third-order valence-corrected chi connectivity index (χ3v) is 4.31. The number of alkyl halides is 2. The molecule has 3 rings (SSSR count). The summed E-state index contributed by atoms with van der Waals surface area (Å²) in [5.74, 6) is -3.26. The lowest BCUT2D eigenvalue weighted by Crippen LogP contribution is -2.29. The average molecular weight is 404 g/mol. The highest BCUT2D eigenvalue weighted by Crippen LogP contribution is 2.25. The molecule has 0 aliphatic carbocycles. The lowest BCUT2D eigenvalue weighted by atomic mass is 10.1. The Labute approximate surface area is 166 Å². The molecule has 3 aromatic rings. The Balaban J connectivity index is 1.82. The molecular weight excluding hydrogens is 382 g/mol. The van der Waals surface area contributed by atoms with Crippen molar-refractivity contribution in [2.45, 2.75) is 32.7 Å². The van der Waals surface area contributed by atoms with E-state index in [-0.39, 0.29) is 11.4 Å². The lowest BCUT2D eigenvalue weighted by Gasteiger charge is -2.14. The fourth-order valence-electron chi connectivity index (χ4n) is 2.82. The third-order valence-electron chi connectivity index (χ3n) is 4.31. The summed E-state index contributed by atoms with van der Waals surface area (Å²) < 4.78 is 34.5. The van der Waals surface area contributed by atoms with Crippen LogP contribution in [0.25, 0.3) is 16.8 Å². The summed E-state index contributed by atoms with van der Waals surface area (Å²) in [5.41, 5.74) is 2.84. The molecule has 0 fully saturated rings. The fourth-order valence-corrected chi connectivity index (χ4v) is 2.82. The molecule has 29 heavy (non-hydrogen) atoms. The van der Waals surface area contributed by atoms with Crippen LogP contribution in [-0.4, -0.2) is 43.6 Å². The molecule has 0 spiro atoms. The number of aliphatic hydroxyl groups is 1. The number of hydrogen-bond acceptors (Lipinski definition) is 5. The number of hydrogen-bond donors (Lipinski definition) is 1. The Morgan fingerprint density at radius 3 is 2.69 bits per heavy atom. The molecule has 0 amide bonds. The van der Waals surface area contributed by atoms with Gasteiger partial charge in [-0.1, -0.05) is 6.92 Å². The molecule has 0 aromatic carbocycles. The van der Waals surface area contributed by atoms with Gasteiger partial charge in [-0.25, -0.2) is 18.4 Å². The summed E-state index contributed by atoms with van der Waals surface area (Å²) in [6.07, 6.45) is 6.07. The number of aromatic nitrogens is 4.